The van der Waals surface area contributed by atoms with Gasteiger partial charge in [0.2, 0.25) is 0 Å². The number of halogens is 1. The number of nitrogens with one attached hydrogen (secondary N) is 1. The van der Waals surface area contributed by atoms with Gasteiger partial charge in [-0.15, -0.1) is 0 Å². The van der Waals surface area contributed by atoms with E-state index in [9.17, 15) is 18.5 Å². The van der Waals surface area contributed by atoms with Crippen LogP contribution in [0.4, 0.5) is 5.69 Å². The topological polar surface area (TPSA) is 90.3 Å². The molecule has 6 nitrogen and oxygen atoms in total. The number of nitrogens with zero attached hydrogens (tertiary/aromatic N) is 2. The molecule has 1 amide bonds. The van der Waals surface area contributed by atoms with Crippen molar-refractivity contribution in [2.24, 2.45) is 0 Å². The number of hydrogen-bond donors (Lipinski definition) is 1. The van der Waals surface area contributed by atoms with Crippen molar-refractivity contribution in [3.63, 3.8) is 0 Å². The fourth-order valence-electron chi connectivity index (χ4n) is 2.55. The Balaban J connectivity index is 2.16. The molecule has 1 aromatic rings. The molecule has 0 aromatic heterocycles. The van der Waals surface area contributed by atoms with Crippen molar-refractivity contribution in [3.05, 3.63) is 41.1 Å². The highest BCUT2D eigenvalue weighted by atomic mass is 35.5. The lowest BCUT2D eigenvalue weighted by atomic mass is 10.2. The molecule has 0 radical (unpaired) electrons. The van der Waals surface area contributed by atoms with Crippen molar-refractivity contribution in [1.29, 1.82) is 5.26 Å². The molecule has 1 aliphatic heterocycles. The Morgan fingerprint density at radius 3 is 2.75 bits per heavy atom. The van der Waals surface area contributed by atoms with Gasteiger partial charge < -0.3 is 10.2 Å². The fraction of sp³-hybridized carbons (Fsp3) is 0.375. The number of sulfone groups is 1. The zero-order chi connectivity index (χ0) is 17.7. The van der Waals surface area contributed by atoms with Crippen LogP contribution in [0.15, 0.2) is 36.0 Å². The van der Waals surface area contributed by atoms with Crippen LogP contribution < -0.4 is 5.32 Å². The second-order valence-electron chi connectivity index (χ2n) is 5.48. The van der Waals surface area contributed by atoms with Gasteiger partial charge in [0.1, 0.15) is 11.6 Å². The zero-order valence-electron chi connectivity index (χ0n) is 13.2. The van der Waals surface area contributed by atoms with Crippen molar-refractivity contribution in [2.45, 2.75) is 19.4 Å². The van der Waals surface area contributed by atoms with E-state index in [4.69, 9.17) is 11.6 Å². The Morgan fingerprint density at radius 2 is 2.21 bits per heavy atom. The number of nitriles is 1. The summed E-state index contributed by atoms with van der Waals surface area (Å²) in [6.45, 7) is 2.35. The van der Waals surface area contributed by atoms with Gasteiger partial charge in [-0.1, -0.05) is 23.7 Å². The van der Waals surface area contributed by atoms with E-state index in [1.54, 1.807) is 29.2 Å². The van der Waals surface area contributed by atoms with Gasteiger partial charge in [0, 0.05) is 18.8 Å². The second-order valence-corrected chi connectivity index (χ2v) is 8.11. The van der Waals surface area contributed by atoms with E-state index in [2.05, 4.69) is 5.32 Å². The van der Waals surface area contributed by atoms with Crippen LogP contribution in [-0.2, 0) is 14.6 Å². The minimum absolute atomic E-state index is 0.0438. The number of carbonyl (C=O) groups is 1. The number of rotatable bonds is 5. The number of anilines is 1. The zero-order valence-corrected chi connectivity index (χ0v) is 14.8. The van der Waals surface area contributed by atoms with Gasteiger partial charge in [0.15, 0.2) is 9.84 Å². The van der Waals surface area contributed by atoms with Gasteiger partial charge >= 0.3 is 0 Å². The van der Waals surface area contributed by atoms with Crippen molar-refractivity contribution in [3.8, 4) is 6.07 Å². The Morgan fingerprint density at radius 1 is 1.50 bits per heavy atom. The molecule has 1 aliphatic rings. The van der Waals surface area contributed by atoms with Crippen LogP contribution in [0, 0.1) is 11.3 Å². The van der Waals surface area contributed by atoms with Gasteiger partial charge in [-0.2, -0.15) is 5.26 Å². The number of para-hydroxylation sites is 1. The molecule has 0 spiro atoms. The molecular formula is C16H18ClN3O3S. The molecule has 1 N–H and O–H groups in total. The minimum atomic E-state index is -3.04. The molecule has 0 saturated carbocycles. The number of carbonyl (C=O) groups excluding carboxylic acids is 1. The summed E-state index contributed by atoms with van der Waals surface area (Å²) in [6.07, 6.45) is 1.93. The SMILES string of the molecule is CCN(/C=C(/C#N)C(=O)Nc1ccccc1Cl)C1CCS(=O)(=O)C1. The minimum Gasteiger partial charge on any atom is -0.372 e. The van der Waals surface area contributed by atoms with Gasteiger partial charge in [-0.05, 0) is 25.5 Å². The van der Waals surface area contributed by atoms with Crippen LogP contribution in [0.25, 0.3) is 0 Å². The summed E-state index contributed by atoms with van der Waals surface area (Å²) >= 11 is 5.99. The summed E-state index contributed by atoms with van der Waals surface area (Å²) in [7, 11) is -3.04. The molecule has 0 bridgehead atoms. The smallest absolute Gasteiger partial charge is 0.267 e. The molecule has 1 unspecified atom stereocenters. The molecule has 0 aliphatic carbocycles. The van der Waals surface area contributed by atoms with E-state index < -0.39 is 15.7 Å². The standard InChI is InChI=1S/C16H18ClN3O3S/c1-2-20(13-7-8-24(22,23)11-13)10-12(9-18)16(21)19-15-6-4-3-5-14(15)17/h3-6,10,13H,2,7-8,11H2,1H3,(H,19,21)/b12-10-. The molecule has 1 heterocycles. The summed E-state index contributed by atoms with van der Waals surface area (Å²) in [5.41, 5.74) is 0.317. The molecular weight excluding hydrogens is 350 g/mol. The maximum absolute atomic E-state index is 12.3. The lowest BCUT2D eigenvalue weighted by molar-refractivity contribution is -0.112. The van der Waals surface area contributed by atoms with Gasteiger partial charge in [0.25, 0.3) is 5.91 Å². The number of hydrogen-bond acceptors (Lipinski definition) is 5. The Hall–Kier alpha value is -2.04. The summed E-state index contributed by atoms with van der Waals surface area (Å²) in [5.74, 6) is -0.400. The third kappa shape index (κ3) is 4.49. The van der Waals surface area contributed by atoms with E-state index >= 15 is 0 Å². The third-order valence-electron chi connectivity index (χ3n) is 3.82. The van der Waals surface area contributed by atoms with Crippen molar-refractivity contribution < 1.29 is 13.2 Å². The molecule has 1 saturated heterocycles. The van der Waals surface area contributed by atoms with Gasteiger partial charge in [-0.3, -0.25) is 4.79 Å². The first-order valence-electron chi connectivity index (χ1n) is 7.50. The number of amides is 1. The first-order valence-corrected chi connectivity index (χ1v) is 9.70. The van der Waals surface area contributed by atoms with Gasteiger partial charge in [0.05, 0.1) is 22.2 Å². The highest BCUT2D eigenvalue weighted by Crippen LogP contribution is 2.22. The molecule has 128 valence electrons. The highest BCUT2D eigenvalue weighted by Gasteiger charge is 2.31. The molecule has 1 aromatic carbocycles. The van der Waals surface area contributed by atoms with Crippen molar-refractivity contribution >= 4 is 33.0 Å². The van der Waals surface area contributed by atoms with Crippen LogP contribution in [0.1, 0.15) is 13.3 Å². The molecule has 24 heavy (non-hydrogen) atoms. The van der Waals surface area contributed by atoms with E-state index in [1.165, 1.54) is 6.20 Å². The van der Waals surface area contributed by atoms with Crippen molar-refractivity contribution in [2.75, 3.05) is 23.4 Å². The maximum Gasteiger partial charge on any atom is 0.267 e. The number of benzene rings is 1. The second kappa shape index (κ2) is 7.69. The van der Waals surface area contributed by atoms with Gasteiger partial charge in [-0.25, -0.2) is 8.42 Å². The maximum atomic E-state index is 12.3. The van der Waals surface area contributed by atoms with E-state index in [0.29, 0.717) is 23.7 Å². The normalized spacial score (nSPS) is 19.5. The Bertz CT molecular complexity index is 799. The summed E-state index contributed by atoms with van der Waals surface area (Å²) in [5, 5.41) is 12.2. The van der Waals surface area contributed by atoms with Crippen LogP contribution in [0.3, 0.4) is 0 Å². The molecule has 2 rings (SSSR count). The average molecular weight is 368 g/mol. The molecule has 1 atom stereocenters. The largest absolute Gasteiger partial charge is 0.372 e. The summed E-state index contributed by atoms with van der Waals surface area (Å²) in [6, 6.07) is 8.38. The summed E-state index contributed by atoms with van der Waals surface area (Å²) in [4.78, 5) is 14.0. The van der Waals surface area contributed by atoms with E-state index in [0.717, 1.165) is 0 Å². The first-order chi connectivity index (χ1) is 11.4. The molecule has 1 fully saturated rings. The van der Waals surface area contributed by atoms with Crippen molar-refractivity contribution in [1.82, 2.24) is 4.90 Å². The van der Waals surface area contributed by atoms with Crippen LogP contribution in [-0.4, -0.2) is 43.3 Å². The van der Waals surface area contributed by atoms with E-state index in [1.807, 2.05) is 13.0 Å². The average Bonchev–Trinajstić information content (AvgIpc) is 2.90. The lowest BCUT2D eigenvalue weighted by Crippen LogP contribution is -2.32. The first kappa shape index (κ1) is 18.3. The quantitative estimate of drug-likeness (QED) is 0.636. The van der Waals surface area contributed by atoms with Crippen LogP contribution in [0.5, 0.6) is 0 Å². The van der Waals surface area contributed by atoms with Crippen LogP contribution >= 0.6 is 11.6 Å². The lowest BCUT2D eigenvalue weighted by Gasteiger charge is -2.25. The third-order valence-corrected chi connectivity index (χ3v) is 5.90. The highest BCUT2D eigenvalue weighted by molar-refractivity contribution is 7.91. The Labute approximate surface area is 146 Å². The fourth-order valence-corrected chi connectivity index (χ4v) is 4.47. The predicted molar refractivity (Wildman–Crippen MR) is 93.2 cm³/mol. The monoisotopic (exact) mass is 367 g/mol. The Kier molecular flexibility index (Phi) is 5.86. The van der Waals surface area contributed by atoms with E-state index in [-0.39, 0.29) is 23.1 Å². The molecule has 8 heteroatoms. The van der Waals surface area contributed by atoms with Crippen LogP contribution in [0.2, 0.25) is 5.02 Å². The predicted octanol–water partition coefficient (Wildman–Crippen LogP) is 2.19. The summed E-state index contributed by atoms with van der Waals surface area (Å²) < 4.78 is 23.2.